The SMILES string of the molecule is CC(C)P(C)(=S)S. The molecule has 0 N–H and O–H groups in total. The third kappa shape index (κ3) is 3.57. The van der Waals surface area contributed by atoms with E-state index in [2.05, 4.69) is 32.8 Å². The van der Waals surface area contributed by atoms with Gasteiger partial charge in [0.15, 0.2) is 0 Å². The predicted molar refractivity (Wildman–Crippen MR) is 44.3 cm³/mol. The highest BCUT2D eigenvalue weighted by atomic mass is 32.9. The van der Waals surface area contributed by atoms with Gasteiger partial charge in [-0.1, -0.05) is 25.7 Å². The fourth-order valence-electron chi connectivity index (χ4n) is 0. The van der Waals surface area contributed by atoms with Gasteiger partial charge in [0.25, 0.3) is 0 Å². The average Bonchev–Trinajstić information content (AvgIpc) is 1.31. The van der Waals surface area contributed by atoms with E-state index in [1.54, 1.807) is 0 Å². The van der Waals surface area contributed by atoms with Crippen molar-refractivity contribution in [2.75, 3.05) is 6.66 Å². The predicted octanol–water partition coefficient (Wildman–Crippen LogP) is 2.35. The molecule has 0 heterocycles. The van der Waals surface area contributed by atoms with E-state index in [1.165, 1.54) is 0 Å². The first kappa shape index (κ1) is 8.00. The molecule has 0 aromatic rings. The maximum atomic E-state index is 5.08. The molecule has 0 aliphatic rings. The zero-order valence-corrected chi connectivity index (χ0v) is 7.49. The van der Waals surface area contributed by atoms with Gasteiger partial charge >= 0.3 is 0 Å². The minimum Gasteiger partial charge on any atom is -0.141 e. The molecule has 0 spiro atoms. The molecule has 1 unspecified atom stereocenters. The van der Waals surface area contributed by atoms with E-state index in [0.717, 1.165) is 0 Å². The Hall–Kier alpha value is 1.00. The molecule has 44 valence electrons. The second kappa shape index (κ2) is 2.52. The van der Waals surface area contributed by atoms with Crippen LogP contribution in [0.2, 0.25) is 0 Å². The Balaban J connectivity index is 3.80. The van der Waals surface area contributed by atoms with Crippen molar-refractivity contribution in [3.05, 3.63) is 0 Å². The van der Waals surface area contributed by atoms with E-state index < -0.39 is 5.24 Å². The lowest BCUT2D eigenvalue weighted by Crippen LogP contribution is -1.87. The van der Waals surface area contributed by atoms with E-state index in [0.29, 0.717) is 5.66 Å². The minimum absolute atomic E-state index is 0.589. The summed E-state index contributed by atoms with van der Waals surface area (Å²) in [4.78, 5) is 0. The molecule has 0 amide bonds. The monoisotopic (exact) mass is 154 g/mol. The van der Waals surface area contributed by atoms with Crippen molar-refractivity contribution in [1.82, 2.24) is 0 Å². The molecular formula is C4H11PS2. The summed E-state index contributed by atoms with van der Waals surface area (Å²) in [5.41, 5.74) is 0.589. The second-order valence-corrected chi connectivity index (χ2v) is 10.5. The van der Waals surface area contributed by atoms with Crippen LogP contribution in [0, 0.1) is 0 Å². The Morgan fingerprint density at radius 1 is 1.57 bits per heavy atom. The van der Waals surface area contributed by atoms with Crippen molar-refractivity contribution in [3.8, 4) is 0 Å². The fourth-order valence-corrected chi connectivity index (χ4v) is 0. The fraction of sp³-hybridized carbons (Fsp3) is 1.00. The standard InChI is InChI=1S/C4H11PS2/c1-4(2)5(3,6)7/h4H,1-3H3,(H,6,7). The van der Waals surface area contributed by atoms with Gasteiger partial charge in [-0.3, -0.25) is 0 Å². The van der Waals surface area contributed by atoms with Crippen molar-refractivity contribution in [2.24, 2.45) is 0 Å². The van der Waals surface area contributed by atoms with E-state index in [4.69, 9.17) is 11.8 Å². The van der Waals surface area contributed by atoms with Gasteiger partial charge in [0, 0.05) is 5.24 Å². The van der Waals surface area contributed by atoms with E-state index in [-0.39, 0.29) is 0 Å². The Bertz CT molecular complexity index is 91.9. The van der Waals surface area contributed by atoms with Gasteiger partial charge in [0.1, 0.15) is 0 Å². The van der Waals surface area contributed by atoms with Gasteiger partial charge < -0.3 is 0 Å². The Kier molecular flexibility index (Phi) is 2.88. The molecule has 3 heteroatoms. The third-order valence-corrected chi connectivity index (χ3v) is 5.53. The largest absolute Gasteiger partial charge is 0.141 e. The lowest BCUT2D eigenvalue weighted by atomic mass is 10.6. The van der Waals surface area contributed by atoms with Crippen LogP contribution < -0.4 is 0 Å². The maximum absolute atomic E-state index is 5.08. The first-order chi connectivity index (χ1) is 2.94. The summed E-state index contributed by atoms with van der Waals surface area (Å²) >= 11 is 9.36. The second-order valence-electron chi connectivity index (χ2n) is 2.04. The van der Waals surface area contributed by atoms with Crippen LogP contribution in [-0.2, 0) is 11.8 Å². The Morgan fingerprint density at radius 3 is 1.71 bits per heavy atom. The molecule has 0 fully saturated rings. The summed E-state index contributed by atoms with van der Waals surface area (Å²) in [6.07, 6.45) is 0. The maximum Gasteiger partial charge on any atom is 0.00288 e. The molecule has 0 aromatic heterocycles. The number of rotatable bonds is 1. The molecule has 0 aliphatic heterocycles. The van der Waals surface area contributed by atoms with E-state index in [9.17, 15) is 0 Å². The quantitative estimate of drug-likeness (QED) is 0.447. The van der Waals surface area contributed by atoms with Crippen LogP contribution in [0.4, 0.5) is 0 Å². The van der Waals surface area contributed by atoms with Crippen LogP contribution in [0.3, 0.4) is 0 Å². The first-order valence-corrected chi connectivity index (χ1v) is 6.71. The van der Waals surface area contributed by atoms with Gasteiger partial charge in [0.05, 0.1) is 0 Å². The van der Waals surface area contributed by atoms with Crippen LogP contribution in [0.1, 0.15) is 13.8 Å². The molecular weight excluding hydrogens is 143 g/mol. The van der Waals surface area contributed by atoms with Gasteiger partial charge in [-0.25, -0.2) is 0 Å². The van der Waals surface area contributed by atoms with Crippen LogP contribution in [0.5, 0.6) is 0 Å². The van der Waals surface area contributed by atoms with E-state index >= 15 is 0 Å². The number of hydrogen-bond acceptors (Lipinski definition) is 1. The van der Waals surface area contributed by atoms with Crippen molar-refractivity contribution in [1.29, 1.82) is 0 Å². The molecule has 0 saturated carbocycles. The summed E-state index contributed by atoms with van der Waals surface area (Å²) in [5.74, 6) is 0. The lowest BCUT2D eigenvalue weighted by molar-refractivity contribution is 1.10. The zero-order valence-electron chi connectivity index (χ0n) is 4.88. The van der Waals surface area contributed by atoms with Crippen molar-refractivity contribution < 1.29 is 0 Å². The number of thiol groups is 1. The van der Waals surface area contributed by atoms with Gasteiger partial charge in [0.2, 0.25) is 0 Å². The lowest BCUT2D eigenvalue weighted by Gasteiger charge is -2.11. The molecule has 0 nitrogen and oxygen atoms in total. The highest BCUT2D eigenvalue weighted by Gasteiger charge is 2.06. The summed E-state index contributed by atoms with van der Waals surface area (Å²) in [7, 11) is 0. The van der Waals surface area contributed by atoms with Gasteiger partial charge in [-0.05, 0) is 12.3 Å². The molecule has 1 atom stereocenters. The molecule has 0 saturated heterocycles. The van der Waals surface area contributed by atoms with Gasteiger partial charge in [-0.2, -0.15) is 0 Å². The van der Waals surface area contributed by atoms with Crippen LogP contribution in [-0.4, -0.2) is 12.3 Å². The highest BCUT2D eigenvalue weighted by molar-refractivity contribution is 8.63. The molecule has 0 radical (unpaired) electrons. The smallest absolute Gasteiger partial charge is 0.00288 e. The Morgan fingerprint density at radius 2 is 1.71 bits per heavy atom. The highest BCUT2D eigenvalue weighted by Crippen LogP contribution is 2.51. The van der Waals surface area contributed by atoms with Crippen molar-refractivity contribution in [3.63, 3.8) is 0 Å². The molecule has 0 aromatic carbocycles. The third-order valence-electron chi connectivity index (χ3n) is 0.958. The molecule has 0 rings (SSSR count). The average molecular weight is 154 g/mol. The molecule has 7 heavy (non-hydrogen) atoms. The number of hydrogen-bond donors (Lipinski definition) is 1. The first-order valence-electron chi connectivity index (χ1n) is 2.24. The Labute approximate surface area is 55.9 Å². The van der Waals surface area contributed by atoms with Crippen molar-refractivity contribution in [2.45, 2.75) is 19.5 Å². The van der Waals surface area contributed by atoms with E-state index in [1.807, 2.05) is 0 Å². The van der Waals surface area contributed by atoms with Crippen LogP contribution in [0.15, 0.2) is 0 Å². The summed E-state index contributed by atoms with van der Waals surface area (Å²) in [6.45, 7) is 6.29. The minimum atomic E-state index is -1.21. The zero-order chi connectivity index (χ0) is 6.08. The molecule has 0 aliphatic carbocycles. The van der Waals surface area contributed by atoms with Crippen LogP contribution >= 0.6 is 17.5 Å². The topological polar surface area (TPSA) is 0 Å². The normalized spacial score (nSPS) is 19.6. The van der Waals surface area contributed by atoms with Crippen molar-refractivity contribution >= 4 is 29.3 Å². The summed E-state index contributed by atoms with van der Waals surface area (Å²) < 4.78 is 0. The van der Waals surface area contributed by atoms with Gasteiger partial charge in [-0.15, -0.1) is 12.2 Å². The molecule has 0 bridgehead atoms. The summed E-state index contributed by atoms with van der Waals surface area (Å²) in [5, 5.41) is -1.21. The summed E-state index contributed by atoms with van der Waals surface area (Å²) in [6, 6.07) is 0. The van der Waals surface area contributed by atoms with Crippen LogP contribution in [0.25, 0.3) is 0 Å².